The number of carboxylic acid groups (broad SMARTS) is 1. The Morgan fingerprint density at radius 2 is 2.19 bits per heavy atom. The number of hydrogen-bond donors (Lipinski definition) is 2. The number of nitrogens with one attached hydrogen (secondary N) is 1. The number of carbonyl (C=O) groups excluding carboxylic acids is 1. The second kappa shape index (κ2) is 5.87. The number of hydrogen-bond acceptors (Lipinski definition) is 5. The van der Waals surface area contributed by atoms with Gasteiger partial charge in [0.05, 0.1) is 4.88 Å². The molecular formula is C14H12N2O3S2. The lowest BCUT2D eigenvalue weighted by molar-refractivity contribution is 0.0690. The zero-order valence-corrected chi connectivity index (χ0v) is 12.6. The number of amides is 1. The van der Waals surface area contributed by atoms with Crippen molar-refractivity contribution in [3.63, 3.8) is 0 Å². The molecule has 2 aromatic heterocycles. The number of nitrogens with zero attached hydrogens (tertiary/aromatic N) is 1. The lowest BCUT2D eigenvalue weighted by atomic mass is 10.2. The van der Waals surface area contributed by atoms with E-state index in [2.05, 4.69) is 10.3 Å². The zero-order valence-electron chi connectivity index (χ0n) is 11.0. The average molecular weight is 320 g/mol. The maximum absolute atomic E-state index is 12.2. The Hall–Kier alpha value is -1.86. The van der Waals surface area contributed by atoms with Crippen LogP contribution in [0.2, 0.25) is 0 Å². The lowest BCUT2D eigenvalue weighted by Gasteiger charge is -2.08. The number of pyridine rings is 1. The first kappa shape index (κ1) is 14.1. The Balaban J connectivity index is 1.78. The topological polar surface area (TPSA) is 79.3 Å². The number of thiophene rings is 1. The molecule has 2 N–H and O–H groups in total. The van der Waals surface area contributed by atoms with Crippen molar-refractivity contribution in [3.8, 4) is 0 Å². The number of carboxylic acids is 1. The van der Waals surface area contributed by atoms with Crippen LogP contribution in [0.3, 0.4) is 0 Å². The van der Waals surface area contributed by atoms with Crippen LogP contribution in [0.4, 0.5) is 5.69 Å². The van der Waals surface area contributed by atoms with Gasteiger partial charge in [0, 0.05) is 22.5 Å². The molecule has 0 spiro atoms. The number of anilines is 1. The Morgan fingerprint density at radius 3 is 2.95 bits per heavy atom. The molecule has 0 radical (unpaired) electrons. The normalized spacial score (nSPS) is 13.5. The molecule has 0 atom stereocenters. The fraction of sp³-hybridized carbons (Fsp3) is 0.214. The Labute approximate surface area is 129 Å². The van der Waals surface area contributed by atoms with E-state index in [1.807, 2.05) is 17.8 Å². The van der Waals surface area contributed by atoms with Crippen molar-refractivity contribution >= 4 is 40.7 Å². The van der Waals surface area contributed by atoms with Crippen molar-refractivity contribution in [2.45, 2.75) is 12.2 Å². The molecule has 1 aliphatic rings. The first-order valence-electron chi connectivity index (χ1n) is 6.33. The first-order chi connectivity index (χ1) is 10.1. The lowest BCUT2D eigenvalue weighted by Crippen LogP contribution is -2.11. The fourth-order valence-electron chi connectivity index (χ4n) is 2.08. The highest BCUT2D eigenvalue weighted by molar-refractivity contribution is 7.98. The van der Waals surface area contributed by atoms with Crippen molar-refractivity contribution in [1.29, 1.82) is 0 Å². The van der Waals surface area contributed by atoms with E-state index >= 15 is 0 Å². The summed E-state index contributed by atoms with van der Waals surface area (Å²) in [5.74, 6) is 0.731. The van der Waals surface area contributed by atoms with Gasteiger partial charge in [-0.2, -0.15) is 11.8 Å². The second-order valence-corrected chi connectivity index (χ2v) is 6.79. The second-order valence-electron chi connectivity index (χ2n) is 4.55. The number of carbonyl (C=O) groups is 2. The monoisotopic (exact) mass is 320 g/mol. The average Bonchev–Trinajstić information content (AvgIpc) is 2.91. The number of fused-ring (bicyclic) bond motifs is 1. The van der Waals surface area contributed by atoms with E-state index < -0.39 is 5.97 Å². The van der Waals surface area contributed by atoms with Crippen LogP contribution in [-0.2, 0) is 12.2 Å². The molecule has 0 aliphatic carbocycles. The van der Waals surface area contributed by atoms with Crippen LogP contribution in [0, 0.1) is 0 Å². The minimum atomic E-state index is -1.12. The standard InChI is InChI=1S/C14H12N2O3S2/c17-13(12-5-8-7-20-4-2-11(8)21-12)16-9-1-3-15-10(6-9)14(18)19/h1,3,5-6H,2,4,7H2,(H,18,19)(H,15,16,17). The van der Waals surface area contributed by atoms with Gasteiger partial charge in [0.1, 0.15) is 5.69 Å². The van der Waals surface area contributed by atoms with Gasteiger partial charge in [0.15, 0.2) is 0 Å². The third-order valence-corrected chi connectivity index (χ3v) is 5.33. The van der Waals surface area contributed by atoms with Crippen LogP contribution in [0.1, 0.15) is 30.6 Å². The van der Waals surface area contributed by atoms with Crippen molar-refractivity contribution in [2.24, 2.45) is 0 Å². The summed E-state index contributed by atoms with van der Waals surface area (Å²) >= 11 is 3.39. The summed E-state index contributed by atoms with van der Waals surface area (Å²) in [6, 6.07) is 4.86. The highest BCUT2D eigenvalue weighted by atomic mass is 32.2. The quantitative estimate of drug-likeness (QED) is 0.909. The molecule has 2 aromatic rings. The summed E-state index contributed by atoms with van der Waals surface area (Å²) in [5.41, 5.74) is 1.59. The van der Waals surface area contributed by atoms with E-state index in [0.717, 1.165) is 17.9 Å². The van der Waals surface area contributed by atoms with Crippen molar-refractivity contribution < 1.29 is 14.7 Å². The van der Waals surface area contributed by atoms with Gasteiger partial charge in [-0.1, -0.05) is 0 Å². The molecule has 0 bridgehead atoms. The third-order valence-electron chi connectivity index (χ3n) is 3.09. The predicted molar refractivity (Wildman–Crippen MR) is 83.3 cm³/mol. The number of rotatable bonds is 3. The third kappa shape index (κ3) is 3.08. The molecule has 7 heteroatoms. The molecule has 21 heavy (non-hydrogen) atoms. The van der Waals surface area contributed by atoms with E-state index in [-0.39, 0.29) is 11.6 Å². The first-order valence-corrected chi connectivity index (χ1v) is 8.30. The van der Waals surface area contributed by atoms with E-state index in [1.54, 1.807) is 6.07 Å². The van der Waals surface area contributed by atoms with Crippen LogP contribution in [0.15, 0.2) is 24.4 Å². The molecule has 1 amide bonds. The Kier molecular flexibility index (Phi) is 3.94. The highest BCUT2D eigenvalue weighted by Crippen LogP contribution is 2.32. The summed E-state index contributed by atoms with van der Waals surface area (Å²) in [4.78, 5) is 28.8. The summed E-state index contributed by atoms with van der Waals surface area (Å²) < 4.78 is 0. The molecular weight excluding hydrogens is 308 g/mol. The summed E-state index contributed by atoms with van der Waals surface area (Å²) in [5, 5.41) is 11.6. The minimum Gasteiger partial charge on any atom is -0.477 e. The van der Waals surface area contributed by atoms with E-state index in [1.165, 1.54) is 34.0 Å². The Bertz CT molecular complexity index is 688. The maximum atomic E-state index is 12.2. The van der Waals surface area contributed by atoms with Crippen LogP contribution in [0.25, 0.3) is 0 Å². The molecule has 0 saturated heterocycles. The minimum absolute atomic E-state index is 0.0883. The van der Waals surface area contributed by atoms with Crippen LogP contribution < -0.4 is 5.32 Å². The smallest absolute Gasteiger partial charge is 0.354 e. The molecule has 5 nitrogen and oxygen atoms in total. The summed E-state index contributed by atoms with van der Waals surface area (Å²) in [6.45, 7) is 0. The van der Waals surface area contributed by atoms with Gasteiger partial charge in [-0.25, -0.2) is 9.78 Å². The van der Waals surface area contributed by atoms with Gasteiger partial charge in [0.2, 0.25) is 0 Å². The number of aryl methyl sites for hydroxylation is 1. The van der Waals surface area contributed by atoms with E-state index in [9.17, 15) is 9.59 Å². The summed E-state index contributed by atoms with van der Waals surface area (Å²) in [7, 11) is 0. The highest BCUT2D eigenvalue weighted by Gasteiger charge is 2.18. The van der Waals surface area contributed by atoms with Crippen molar-refractivity contribution in [2.75, 3.05) is 11.1 Å². The summed E-state index contributed by atoms with van der Waals surface area (Å²) in [6.07, 6.45) is 2.38. The van der Waals surface area contributed by atoms with E-state index in [4.69, 9.17) is 5.11 Å². The Morgan fingerprint density at radius 1 is 1.33 bits per heavy atom. The zero-order chi connectivity index (χ0) is 14.8. The van der Waals surface area contributed by atoms with Gasteiger partial charge in [-0.15, -0.1) is 11.3 Å². The molecule has 3 heterocycles. The largest absolute Gasteiger partial charge is 0.477 e. The number of aromatic nitrogens is 1. The van der Waals surface area contributed by atoms with Gasteiger partial charge in [-0.3, -0.25) is 4.79 Å². The molecule has 1 aliphatic heterocycles. The van der Waals surface area contributed by atoms with Crippen molar-refractivity contribution in [3.05, 3.63) is 45.4 Å². The molecule has 0 aromatic carbocycles. The number of aromatic carboxylic acids is 1. The van der Waals surface area contributed by atoms with Crippen LogP contribution in [-0.4, -0.2) is 27.7 Å². The molecule has 0 fully saturated rings. The SMILES string of the molecule is O=C(O)c1cc(NC(=O)c2cc3c(s2)CCSC3)ccn1. The molecule has 0 unspecified atom stereocenters. The van der Waals surface area contributed by atoms with Crippen LogP contribution >= 0.6 is 23.1 Å². The van der Waals surface area contributed by atoms with Gasteiger partial charge in [0.25, 0.3) is 5.91 Å². The molecule has 3 rings (SSSR count). The van der Waals surface area contributed by atoms with Gasteiger partial charge >= 0.3 is 5.97 Å². The maximum Gasteiger partial charge on any atom is 0.354 e. The van der Waals surface area contributed by atoms with Gasteiger partial charge < -0.3 is 10.4 Å². The molecule has 0 saturated carbocycles. The van der Waals surface area contributed by atoms with Crippen LogP contribution in [0.5, 0.6) is 0 Å². The number of thioether (sulfide) groups is 1. The molecule has 108 valence electrons. The fourth-order valence-corrected chi connectivity index (χ4v) is 4.34. The predicted octanol–water partition coefficient (Wildman–Crippen LogP) is 2.88. The van der Waals surface area contributed by atoms with Gasteiger partial charge in [-0.05, 0) is 35.9 Å². The van der Waals surface area contributed by atoms with E-state index in [0.29, 0.717) is 10.6 Å². The van der Waals surface area contributed by atoms with Crippen molar-refractivity contribution in [1.82, 2.24) is 4.98 Å².